The van der Waals surface area contributed by atoms with Gasteiger partial charge in [0, 0.05) is 12.3 Å². The first kappa shape index (κ1) is 19.6. The lowest BCUT2D eigenvalue weighted by Gasteiger charge is -2.13. The molecule has 0 saturated carbocycles. The number of ether oxygens (including phenoxy) is 2. The van der Waals surface area contributed by atoms with E-state index in [0.29, 0.717) is 29.5 Å². The highest BCUT2D eigenvalue weighted by Crippen LogP contribution is 2.34. The molecule has 7 nitrogen and oxygen atoms in total. The van der Waals surface area contributed by atoms with Crippen LogP contribution in [0.1, 0.15) is 0 Å². The summed E-state index contributed by atoms with van der Waals surface area (Å²) in [4.78, 5) is 19.8. The van der Waals surface area contributed by atoms with E-state index in [1.165, 1.54) is 7.11 Å². The molecule has 0 aliphatic rings. The molecule has 0 atom stereocenters. The van der Waals surface area contributed by atoms with Crippen molar-refractivity contribution in [1.29, 1.82) is 0 Å². The van der Waals surface area contributed by atoms with Gasteiger partial charge in [-0.05, 0) is 17.7 Å². The quantitative estimate of drug-likeness (QED) is 0.394. The molecule has 0 fully saturated rings. The predicted octanol–water partition coefficient (Wildman–Crippen LogP) is 4.01. The number of hydrogen-bond acceptors (Lipinski definition) is 5. The van der Waals surface area contributed by atoms with Gasteiger partial charge in [-0.15, -0.1) is 0 Å². The molecule has 0 spiro atoms. The minimum Gasteiger partial charge on any atom is -0.493 e. The van der Waals surface area contributed by atoms with Gasteiger partial charge in [-0.1, -0.05) is 48.2 Å². The normalized spacial score (nSPS) is 10.4. The van der Waals surface area contributed by atoms with E-state index in [-0.39, 0.29) is 6.03 Å². The molecule has 0 saturated heterocycles. The molecule has 2 amide bonds. The van der Waals surface area contributed by atoms with E-state index in [9.17, 15) is 4.79 Å². The Morgan fingerprint density at radius 1 is 1.11 bits per heavy atom. The number of aromatic amines is 1. The number of nitrogens with zero attached hydrogens (tertiary/aromatic N) is 1. The SMILES string of the molecule is COc1cccc(NC(=O)NCCSc2ncc(-c3ccccc3)[nH]2)c1OC. The summed E-state index contributed by atoms with van der Waals surface area (Å²) in [6, 6.07) is 15.0. The zero-order valence-corrected chi connectivity index (χ0v) is 16.5. The Balaban J connectivity index is 1.46. The number of aromatic nitrogens is 2. The summed E-state index contributed by atoms with van der Waals surface area (Å²) in [6.45, 7) is 0.490. The molecule has 1 heterocycles. The third-order valence-electron chi connectivity index (χ3n) is 3.91. The number of rotatable bonds is 8. The van der Waals surface area contributed by atoms with Crippen LogP contribution in [-0.4, -0.2) is 42.5 Å². The van der Waals surface area contributed by atoms with Crippen molar-refractivity contribution in [2.75, 3.05) is 31.8 Å². The zero-order valence-electron chi connectivity index (χ0n) is 15.7. The van der Waals surface area contributed by atoms with Crippen LogP contribution in [0.15, 0.2) is 59.9 Å². The van der Waals surface area contributed by atoms with Gasteiger partial charge in [-0.2, -0.15) is 0 Å². The van der Waals surface area contributed by atoms with Gasteiger partial charge in [0.25, 0.3) is 0 Å². The van der Waals surface area contributed by atoms with Crippen LogP contribution < -0.4 is 20.1 Å². The number of anilines is 1. The number of hydrogen-bond donors (Lipinski definition) is 3. The molecule has 3 rings (SSSR count). The molecule has 0 bridgehead atoms. The van der Waals surface area contributed by atoms with Crippen LogP contribution in [0.2, 0.25) is 0 Å². The first-order valence-electron chi connectivity index (χ1n) is 8.70. The van der Waals surface area contributed by atoms with E-state index >= 15 is 0 Å². The van der Waals surface area contributed by atoms with Crippen molar-refractivity contribution in [3.63, 3.8) is 0 Å². The van der Waals surface area contributed by atoms with Crippen LogP contribution in [0.4, 0.5) is 10.5 Å². The first-order valence-corrected chi connectivity index (χ1v) is 9.69. The number of H-pyrrole nitrogens is 1. The van der Waals surface area contributed by atoms with Gasteiger partial charge in [0.1, 0.15) is 0 Å². The lowest BCUT2D eigenvalue weighted by molar-refractivity contribution is 0.252. The second kappa shape index (κ2) is 9.70. The van der Waals surface area contributed by atoms with Gasteiger partial charge in [0.2, 0.25) is 0 Å². The van der Waals surface area contributed by atoms with Crippen LogP contribution in [0, 0.1) is 0 Å². The number of benzene rings is 2. The van der Waals surface area contributed by atoms with Crippen LogP contribution >= 0.6 is 11.8 Å². The Morgan fingerprint density at radius 2 is 1.93 bits per heavy atom. The average Bonchev–Trinajstić information content (AvgIpc) is 3.20. The van der Waals surface area contributed by atoms with Gasteiger partial charge in [0.15, 0.2) is 16.7 Å². The monoisotopic (exact) mass is 398 g/mol. The third kappa shape index (κ3) is 4.98. The standard InChI is InChI=1S/C20H22N4O3S/c1-26-17-10-6-9-15(18(17)27-2)23-19(25)21-11-12-28-20-22-13-16(24-20)14-7-4-3-5-8-14/h3-10,13H,11-12H2,1-2H3,(H,22,24)(H2,21,23,25). The lowest BCUT2D eigenvalue weighted by atomic mass is 10.2. The van der Waals surface area contributed by atoms with E-state index in [1.807, 2.05) is 36.5 Å². The van der Waals surface area contributed by atoms with E-state index in [4.69, 9.17) is 9.47 Å². The largest absolute Gasteiger partial charge is 0.493 e. The molecule has 2 aromatic carbocycles. The summed E-state index contributed by atoms with van der Waals surface area (Å²) in [7, 11) is 3.08. The van der Waals surface area contributed by atoms with Crippen molar-refractivity contribution < 1.29 is 14.3 Å². The Hall–Kier alpha value is -3.13. The molecular formula is C20H22N4O3S. The molecule has 8 heteroatoms. The van der Waals surface area contributed by atoms with Crippen molar-refractivity contribution in [2.45, 2.75) is 5.16 Å². The predicted molar refractivity (Wildman–Crippen MR) is 111 cm³/mol. The van der Waals surface area contributed by atoms with E-state index in [0.717, 1.165) is 16.4 Å². The molecular weight excluding hydrogens is 376 g/mol. The van der Waals surface area contributed by atoms with Gasteiger partial charge in [-0.3, -0.25) is 0 Å². The van der Waals surface area contributed by atoms with E-state index in [1.54, 1.807) is 37.1 Å². The minimum atomic E-state index is -0.309. The summed E-state index contributed by atoms with van der Waals surface area (Å²) < 4.78 is 10.5. The van der Waals surface area contributed by atoms with Crippen molar-refractivity contribution in [1.82, 2.24) is 15.3 Å². The summed E-state index contributed by atoms with van der Waals surface area (Å²) in [5.74, 6) is 1.73. The maximum absolute atomic E-state index is 12.1. The van der Waals surface area contributed by atoms with Crippen LogP contribution in [0.25, 0.3) is 11.3 Å². The fourth-order valence-electron chi connectivity index (χ4n) is 2.61. The molecule has 3 aromatic rings. The van der Waals surface area contributed by atoms with Crippen LogP contribution in [-0.2, 0) is 0 Å². The number of methoxy groups -OCH3 is 2. The maximum Gasteiger partial charge on any atom is 0.319 e. The highest BCUT2D eigenvalue weighted by molar-refractivity contribution is 7.99. The summed E-state index contributed by atoms with van der Waals surface area (Å²) >= 11 is 1.54. The topological polar surface area (TPSA) is 88.3 Å². The average molecular weight is 398 g/mol. The number of urea groups is 1. The van der Waals surface area contributed by atoms with Crippen molar-refractivity contribution in [3.05, 3.63) is 54.7 Å². The number of carbonyl (C=O) groups excluding carboxylic acids is 1. The summed E-state index contributed by atoms with van der Waals surface area (Å²) in [5.41, 5.74) is 2.61. The second-order valence-corrected chi connectivity index (χ2v) is 6.82. The van der Waals surface area contributed by atoms with Gasteiger partial charge in [0.05, 0.1) is 31.8 Å². The number of imidazole rings is 1. The minimum absolute atomic E-state index is 0.309. The van der Waals surface area contributed by atoms with Gasteiger partial charge < -0.3 is 25.1 Å². The molecule has 0 aliphatic heterocycles. The third-order valence-corrected chi connectivity index (χ3v) is 4.80. The van der Waals surface area contributed by atoms with E-state index < -0.39 is 0 Å². The number of nitrogens with one attached hydrogen (secondary N) is 3. The molecule has 0 aliphatic carbocycles. The number of carbonyl (C=O) groups is 1. The number of thioether (sulfide) groups is 1. The molecule has 3 N–H and O–H groups in total. The molecule has 1 aromatic heterocycles. The second-order valence-electron chi connectivity index (χ2n) is 5.74. The highest BCUT2D eigenvalue weighted by Gasteiger charge is 2.12. The number of para-hydroxylation sites is 1. The van der Waals surface area contributed by atoms with Crippen LogP contribution in [0.5, 0.6) is 11.5 Å². The zero-order chi connectivity index (χ0) is 19.8. The fourth-order valence-corrected chi connectivity index (χ4v) is 3.31. The summed E-state index contributed by atoms with van der Waals surface area (Å²) in [5, 5.41) is 6.41. The fraction of sp³-hybridized carbons (Fsp3) is 0.200. The van der Waals surface area contributed by atoms with Gasteiger partial charge >= 0.3 is 6.03 Å². The van der Waals surface area contributed by atoms with Crippen molar-refractivity contribution >= 4 is 23.5 Å². The maximum atomic E-state index is 12.1. The lowest BCUT2D eigenvalue weighted by Crippen LogP contribution is -2.30. The Bertz CT molecular complexity index is 915. The van der Waals surface area contributed by atoms with E-state index in [2.05, 4.69) is 20.6 Å². The smallest absolute Gasteiger partial charge is 0.319 e. The first-order chi connectivity index (χ1) is 13.7. The Labute approximate surface area is 167 Å². The van der Waals surface area contributed by atoms with Crippen LogP contribution in [0.3, 0.4) is 0 Å². The molecule has 0 unspecified atom stereocenters. The van der Waals surface area contributed by atoms with Gasteiger partial charge in [-0.25, -0.2) is 9.78 Å². The Kier molecular flexibility index (Phi) is 6.80. The summed E-state index contributed by atoms with van der Waals surface area (Å²) in [6.07, 6.45) is 1.81. The molecule has 28 heavy (non-hydrogen) atoms. The van der Waals surface area contributed by atoms with Crippen molar-refractivity contribution in [3.8, 4) is 22.8 Å². The van der Waals surface area contributed by atoms with Crippen molar-refractivity contribution in [2.24, 2.45) is 0 Å². The Morgan fingerprint density at radius 3 is 2.68 bits per heavy atom. The highest BCUT2D eigenvalue weighted by atomic mass is 32.2. The molecule has 146 valence electrons. The number of amides is 2. The molecule has 0 radical (unpaired) electrons.